The number of amides is 1. The summed E-state index contributed by atoms with van der Waals surface area (Å²) in [4.78, 5) is 21.0. The molecule has 0 saturated carbocycles. The second kappa shape index (κ2) is 6.77. The molecule has 0 bridgehead atoms. The zero-order valence-corrected chi connectivity index (χ0v) is 10.0. The van der Waals surface area contributed by atoms with Crippen molar-refractivity contribution in [3.63, 3.8) is 0 Å². The van der Waals surface area contributed by atoms with Gasteiger partial charge >= 0.3 is 5.97 Å². The molecule has 7 heteroatoms. The van der Waals surface area contributed by atoms with Gasteiger partial charge in [0.1, 0.15) is 12.4 Å². The SMILES string of the molecule is CC(NCCOCC(N)=O)c1ccc(C(=O)O)o1. The van der Waals surface area contributed by atoms with E-state index in [2.05, 4.69) is 5.32 Å². The Bertz CT molecular complexity index is 415. The molecule has 1 unspecified atom stereocenters. The predicted octanol–water partition coefficient (Wildman–Crippen LogP) is 0.130. The number of aromatic carboxylic acids is 1. The zero-order valence-electron chi connectivity index (χ0n) is 10.0. The number of hydrogen-bond donors (Lipinski definition) is 3. The van der Waals surface area contributed by atoms with E-state index < -0.39 is 11.9 Å². The van der Waals surface area contributed by atoms with Crippen molar-refractivity contribution in [3.05, 3.63) is 23.7 Å². The Balaban J connectivity index is 2.29. The third kappa shape index (κ3) is 4.56. The summed E-state index contributed by atoms with van der Waals surface area (Å²) in [6, 6.07) is 2.86. The van der Waals surface area contributed by atoms with Gasteiger partial charge in [-0.3, -0.25) is 4.79 Å². The number of furan rings is 1. The van der Waals surface area contributed by atoms with E-state index in [1.165, 1.54) is 6.07 Å². The minimum atomic E-state index is -1.10. The number of hydrogen-bond acceptors (Lipinski definition) is 5. The molecule has 1 heterocycles. The van der Waals surface area contributed by atoms with Crippen LogP contribution in [-0.4, -0.2) is 36.7 Å². The first-order valence-electron chi connectivity index (χ1n) is 5.43. The number of carbonyl (C=O) groups excluding carboxylic acids is 1. The summed E-state index contributed by atoms with van der Waals surface area (Å²) in [7, 11) is 0. The Kier molecular flexibility index (Phi) is 5.34. The second-order valence-electron chi connectivity index (χ2n) is 3.70. The van der Waals surface area contributed by atoms with Crippen LogP contribution < -0.4 is 11.1 Å². The highest BCUT2D eigenvalue weighted by molar-refractivity contribution is 5.84. The standard InChI is InChI=1S/C11H16N2O5/c1-7(13-4-5-17-6-10(12)14)8-2-3-9(18-8)11(15)16/h2-3,7,13H,4-6H2,1H3,(H2,12,14)(H,15,16). The van der Waals surface area contributed by atoms with Crippen molar-refractivity contribution in [1.29, 1.82) is 0 Å². The first-order valence-corrected chi connectivity index (χ1v) is 5.43. The number of ether oxygens (including phenoxy) is 1. The molecule has 18 heavy (non-hydrogen) atoms. The predicted molar refractivity (Wildman–Crippen MR) is 62.1 cm³/mol. The molecule has 1 rings (SSSR count). The minimum Gasteiger partial charge on any atom is -0.475 e. The Hall–Kier alpha value is -1.86. The van der Waals surface area contributed by atoms with Crippen molar-refractivity contribution in [2.45, 2.75) is 13.0 Å². The van der Waals surface area contributed by atoms with Crippen molar-refractivity contribution in [3.8, 4) is 0 Å². The van der Waals surface area contributed by atoms with Crippen LogP contribution in [0.4, 0.5) is 0 Å². The lowest BCUT2D eigenvalue weighted by Gasteiger charge is -2.10. The van der Waals surface area contributed by atoms with E-state index in [4.69, 9.17) is 20.0 Å². The van der Waals surface area contributed by atoms with Crippen LogP contribution in [0.25, 0.3) is 0 Å². The normalized spacial score (nSPS) is 12.3. The highest BCUT2D eigenvalue weighted by Gasteiger charge is 2.13. The third-order valence-corrected chi connectivity index (χ3v) is 2.21. The fraction of sp³-hybridized carbons (Fsp3) is 0.455. The number of primary amides is 1. The lowest BCUT2D eigenvalue weighted by molar-refractivity contribution is -0.122. The quantitative estimate of drug-likeness (QED) is 0.569. The average molecular weight is 256 g/mol. The van der Waals surface area contributed by atoms with Crippen LogP contribution in [0.1, 0.15) is 29.3 Å². The summed E-state index contributed by atoms with van der Waals surface area (Å²) in [5.74, 6) is -1.18. The van der Waals surface area contributed by atoms with Gasteiger partial charge in [-0.25, -0.2) is 4.79 Å². The number of carboxylic acids is 1. The van der Waals surface area contributed by atoms with Crippen LogP contribution >= 0.6 is 0 Å². The van der Waals surface area contributed by atoms with Crippen molar-refractivity contribution < 1.29 is 23.8 Å². The smallest absolute Gasteiger partial charge is 0.371 e. The molecule has 0 radical (unpaired) electrons. The molecule has 4 N–H and O–H groups in total. The zero-order chi connectivity index (χ0) is 13.5. The fourth-order valence-electron chi connectivity index (χ4n) is 1.32. The molecule has 0 aliphatic heterocycles. The van der Waals surface area contributed by atoms with Gasteiger partial charge in [0.15, 0.2) is 0 Å². The molecule has 0 saturated heterocycles. The maximum Gasteiger partial charge on any atom is 0.371 e. The summed E-state index contributed by atoms with van der Waals surface area (Å²) >= 11 is 0. The molecule has 100 valence electrons. The van der Waals surface area contributed by atoms with Crippen LogP contribution in [0.2, 0.25) is 0 Å². The lowest BCUT2D eigenvalue weighted by Crippen LogP contribution is -2.25. The molecular formula is C11H16N2O5. The molecule has 1 atom stereocenters. The summed E-state index contributed by atoms with van der Waals surface area (Å²) in [6.45, 7) is 2.55. The maximum absolute atomic E-state index is 10.6. The first kappa shape index (κ1) is 14.2. The topological polar surface area (TPSA) is 115 Å². The molecule has 0 fully saturated rings. The van der Waals surface area contributed by atoms with E-state index in [0.29, 0.717) is 18.9 Å². The van der Waals surface area contributed by atoms with Gasteiger partial charge in [0.25, 0.3) is 0 Å². The summed E-state index contributed by atoms with van der Waals surface area (Å²) in [5.41, 5.74) is 4.90. The summed E-state index contributed by atoms with van der Waals surface area (Å²) < 4.78 is 10.1. The largest absolute Gasteiger partial charge is 0.475 e. The van der Waals surface area contributed by atoms with E-state index in [9.17, 15) is 9.59 Å². The highest BCUT2D eigenvalue weighted by Crippen LogP contribution is 2.15. The third-order valence-electron chi connectivity index (χ3n) is 2.21. The van der Waals surface area contributed by atoms with Gasteiger partial charge in [-0.15, -0.1) is 0 Å². The monoisotopic (exact) mass is 256 g/mol. The molecule has 1 amide bonds. The molecule has 7 nitrogen and oxygen atoms in total. The van der Waals surface area contributed by atoms with Gasteiger partial charge < -0.3 is 25.3 Å². The number of nitrogens with one attached hydrogen (secondary N) is 1. The number of rotatable bonds is 8. The van der Waals surface area contributed by atoms with Crippen molar-refractivity contribution in [2.75, 3.05) is 19.8 Å². The van der Waals surface area contributed by atoms with Gasteiger partial charge in [-0.2, -0.15) is 0 Å². The van der Waals surface area contributed by atoms with Crippen LogP contribution in [0, 0.1) is 0 Å². The van der Waals surface area contributed by atoms with E-state index in [1.54, 1.807) is 6.07 Å². The Morgan fingerprint density at radius 2 is 2.28 bits per heavy atom. The minimum absolute atomic E-state index is 0.0939. The van der Waals surface area contributed by atoms with Crippen molar-refractivity contribution in [2.24, 2.45) is 5.73 Å². The van der Waals surface area contributed by atoms with Crippen LogP contribution in [-0.2, 0) is 9.53 Å². The van der Waals surface area contributed by atoms with Gasteiger partial charge in [-0.1, -0.05) is 0 Å². The van der Waals surface area contributed by atoms with E-state index in [0.717, 1.165) is 0 Å². The molecule has 1 aromatic rings. The molecule has 0 aliphatic rings. The van der Waals surface area contributed by atoms with Gasteiger partial charge in [0, 0.05) is 6.54 Å². The maximum atomic E-state index is 10.6. The number of nitrogens with two attached hydrogens (primary N) is 1. The first-order chi connectivity index (χ1) is 8.50. The Labute approximate surface area is 104 Å². The fourth-order valence-corrected chi connectivity index (χ4v) is 1.32. The van der Waals surface area contributed by atoms with Crippen LogP contribution in [0.3, 0.4) is 0 Å². The highest BCUT2D eigenvalue weighted by atomic mass is 16.5. The van der Waals surface area contributed by atoms with Gasteiger partial charge in [0.2, 0.25) is 11.7 Å². The molecule has 1 aromatic heterocycles. The molecular weight excluding hydrogens is 240 g/mol. The van der Waals surface area contributed by atoms with E-state index >= 15 is 0 Å². The van der Waals surface area contributed by atoms with Crippen molar-refractivity contribution in [1.82, 2.24) is 5.32 Å². The van der Waals surface area contributed by atoms with Crippen molar-refractivity contribution >= 4 is 11.9 Å². The average Bonchev–Trinajstić information content (AvgIpc) is 2.77. The summed E-state index contributed by atoms with van der Waals surface area (Å²) in [5, 5.41) is 11.8. The lowest BCUT2D eigenvalue weighted by atomic mass is 10.2. The Morgan fingerprint density at radius 1 is 1.56 bits per heavy atom. The molecule has 0 aromatic carbocycles. The van der Waals surface area contributed by atoms with Crippen LogP contribution in [0.5, 0.6) is 0 Å². The Morgan fingerprint density at radius 3 is 2.83 bits per heavy atom. The van der Waals surface area contributed by atoms with Gasteiger partial charge in [-0.05, 0) is 19.1 Å². The number of carbonyl (C=O) groups is 2. The van der Waals surface area contributed by atoms with Gasteiger partial charge in [0.05, 0.1) is 12.6 Å². The van der Waals surface area contributed by atoms with E-state index in [1.807, 2.05) is 6.92 Å². The van der Waals surface area contributed by atoms with E-state index in [-0.39, 0.29) is 18.4 Å². The van der Waals surface area contributed by atoms with Crippen LogP contribution in [0.15, 0.2) is 16.5 Å². The second-order valence-corrected chi connectivity index (χ2v) is 3.70. The number of carboxylic acid groups (broad SMARTS) is 1. The molecule has 0 aliphatic carbocycles. The molecule has 0 spiro atoms. The summed E-state index contributed by atoms with van der Waals surface area (Å²) in [6.07, 6.45) is 0.